The maximum Gasteiger partial charge on any atom is 1.00 e. The molecule has 3 aliphatic rings. The minimum Gasteiger partial charge on any atom is -0.543 e. The first-order chi connectivity index (χ1) is 14.5. The van der Waals surface area contributed by atoms with Crippen molar-refractivity contribution >= 4 is 40.9 Å². The molecule has 154 valence electrons. The molecule has 31 heavy (non-hydrogen) atoms. The number of hydrogen-bond donors (Lipinski definition) is 0. The summed E-state index contributed by atoms with van der Waals surface area (Å²) in [6.45, 7) is 1.90. The molecule has 0 N–H and O–H groups in total. The number of likely N-dealkylation sites (tertiary alicyclic amines) is 1. The van der Waals surface area contributed by atoms with Crippen molar-refractivity contribution in [1.29, 1.82) is 0 Å². The van der Waals surface area contributed by atoms with Crippen molar-refractivity contribution in [3.05, 3.63) is 41.2 Å². The van der Waals surface area contributed by atoms with Crippen molar-refractivity contribution in [1.82, 2.24) is 19.8 Å². The van der Waals surface area contributed by atoms with Crippen molar-refractivity contribution in [2.45, 2.75) is 29.8 Å². The molecule has 0 spiro atoms. The fourth-order valence-electron chi connectivity index (χ4n) is 4.64. The summed E-state index contributed by atoms with van der Waals surface area (Å²) >= 11 is 2.95. The number of hydrogen-bond acceptors (Lipinski definition) is 8. The summed E-state index contributed by atoms with van der Waals surface area (Å²) in [7, 11) is 0. The molecule has 3 atom stereocenters. The third-order valence-electron chi connectivity index (χ3n) is 5.92. The molecule has 2 aromatic heterocycles. The second-order valence-electron chi connectivity index (χ2n) is 7.44. The molecule has 0 aromatic carbocycles. The molecule has 5 rings (SSSR count). The van der Waals surface area contributed by atoms with Gasteiger partial charge in [-0.2, -0.15) is 0 Å². The number of rotatable bonds is 5. The molecule has 0 aliphatic carbocycles. The number of nitrogens with zero attached hydrogens (tertiary/aromatic N) is 4. The van der Waals surface area contributed by atoms with Gasteiger partial charge in [-0.15, -0.1) is 11.3 Å². The summed E-state index contributed by atoms with van der Waals surface area (Å²) in [6.07, 6.45) is 4.09. The maximum atomic E-state index is 12.6. The number of piperidine rings is 1. The molecular weight excluding hydrogens is 447 g/mol. The average Bonchev–Trinajstić information content (AvgIpc) is 3.33. The summed E-state index contributed by atoms with van der Waals surface area (Å²) in [4.78, 5) is 48.0. The Kier molecular flexibility index (Phi) is 6.28. The zero-order valence-corrected chi connectivity index (χ0v) is 20.6. The zero-order valence-electron chi connectivity index (χ0n) is 17.0. The predicted octanol–water partition coefficient (Wildman–Crippen LogP) is -2.23. The Morgan fingerprint density at radius 3 is 2.87 bits per heavy atom. The molecule has 11 heteroatoms. The number of pyridine rings is 1. The molecule has 1 unspecified atom stereocenters. The van der Waals surface area contributed by atoms with Crippen LogP contribution in [0.5, 0.6) is 0 Å². The van der Waals surface area contributed by atoms with Crippen molar-refractivity contribution in [2.75, 3.05) is 12.3 Å². The fraction of sp³-hybridized carbons (Fsp3) is 0.350. The van der Waals surface area contributed by atoms with E-state index in [1.165, 1.54) is 34.9 Å². The van der Waals surface area contributed by atoms with Crippen LogP contribution in [0.1, 0.15) is 13.3 Å². The van der Waals surface area contributed by atoms with Crippen LogP contribution in [-0.2, 0) is 14.4 Å². The Morgan fingerprint density at radius 1 is 1.39 bits per heavy atom. The van der Waals surface area contributed by atoms with E-state index in [0.717, 1.165) is 15.6 Å². The minimum atomic E-state index is -1.34. The number of aromatic nitrogens is 2. The third-order valence-corrected chi connectivity index (χ3v) is 7.99. The summed E-state index contributed by atoms with van der Waals surface area (Å²) in [6, 6.07) is 2.93. The number of amides is 2. The number of carbonyl (C=O) groups excluding carboxylic acids is 3. The van der Waals surface area contributed by atoms with E-state index in [1.807, 2.05) is 17.5 Å². The van der Waals surface area contributed by atoms with Crippen LogP contribution in [0.4, 0.5) is 0 Å². The first-order valence-corrected chi connectivity index (χ1v) is 11.4. The molecule has 3 aliphatic heterocycles. The van der Waals surface area contributed by atoms with Crippen molar-refractivity contribution in [2.24, 2.45) is 5.92 Å². The standard InChI is InChI=1S/C20H18N4O4S2.Na/c1-10(25)23-6-4-12-13(16(19(27)28)24-15(12)17(23)18(24)26)8-29-20-22-14(9-30-20)11-3-2-5-21-7-11;/h2-3,5,7,9,12,15,17H,4,6,8H2,1H3,(H,27,28);/q;+1/p-1/t12?,15-,17+;/m1./s1. The monoisotopic (exact) mass is 464 g/mol. The normalized spacial score (nSPS) is 23.9. The zero-order chi connectivity index (χ0) is 21.0. The number of thiazole rings is 1. The molecule has 8 nitrogen and oxygen atoms in total. The molecule has 2 aromatic rings. The molecule has 0 radical (unpaired) electrons. The number of carboxylic acid groups (broad SMARTS) is 1. The first kappa shape index (κ1) is 22.5. The number of carbonyl (C=O) groups is 3. The van der Waals surface area contributed by atoms with Crippen LogP contribution >= 0.6 is 23.1 Å². The van der Waals surface area contributed by atoms with Gasteiger partial charge in [0.2, 0.25) is 5.91 Å². The van der Waals surface area contributed by atoms with Gasteiger partial charge in [-0.25, -0.2) is 4.98 Å². The summed E-state index contributed by atoms with van der Waals surface area (Å²) in [5, 5.41) is 13.8. The van der Waals surface area contributed by atoms with Crippen molar-refractivity contribution in [3.63, 3.8) is 0 Å². The van der Waals surface area contributed by atoms with Crippen LogP contribution in [0.3, 0.4) is 0 Å². The summed E-state index contributed by atoms with van der Waals surface area (Å²) < 4.78 is 0.817. The topological polar surface area (TPSA) is 107 Å². The van der Waals surface area contributed by atoms with Crippen molar-refractivity contribution < 1.29 is 49.0 Å². The second-order valence-corrected chi connectivity index (χ2v) is 9.52. The first-order valence-electron chi connectivity index (χ1n) is 9.50. The van der Waals surface area contributed by atoms with E-state index >= 15 is 0 Å². The fourth-order valence-corrected chi connectivity index (χ4v) is 6.58. The van der Waals surface area contributed by atoms with Crippen LogP contribution in [0.15, 0.2) is 45.5 Å². The number of β-lactam (4-membered cyclic amide) rings is 1. The van der Waals surface area contributed by atoms with Crippen LogP contribution in [0, 0.1) is 5.92 Å². The van der Waals surface area contributed by atoms with Gasteiger partial charge in [0.25, 0.3) is 5.91 Å². The molecule has 5 heterocycles. The van der Waals surface area contributed by atoms with Gasteiger partial charge < -0.3 is 19.7 Å². The Bertz CT molecular complexity index is 1090. The van der Waals surface area contributed by atoms with E-state index in [1.54, 1.807) is 17.3 Å². The molecule has 0 saturated carbocycles. The largest absolute Gasteiger partial charge is 1.00 e. The Balaban J connectivity index is 0.00000231. The van der Waals surface area contributed by atoms with Gasteiger partial charge >= 0.3 is 29.6 Å². The third kappa shape index (κ3) is 3.64. The van der Waals surface area contributed by atoms with Gasteiger partial charge in [0.1, 0.15) is 6.04 Å². The van der Waals surface area contributed by atoms with E-state index in [2.05, 4.69) is 9.97 Å². The summed E-state index contributed by atoms with van der Waals surface area (Å²) in [5.74, 6) is -1.47. The number of aliphatic carboxylic acids is 1. The van der Waals surface area contributed by atoms with Gasteiger partial charge in [0.15, 0.2) is 4.34 Å². The van der Waals surface area contributed by atoms with Gasteiger partial charge in [0, 0.05) is 48.5 Å². The maximum absolute atomic E-state index is 12.6. The van der Waals surface area contributed by atoms with Gasteiger partial charge in [-0.05, 0) is 24.1 Å². The van der Waals surface area contributed by atoms with E-state index in [-0.39, 0.29) is 59.0 Å². The van der Waals surface area contributed by atoms with E-state index in [4.69, 9.17) is 0 Å². The van der Waals surface area contributed by atoms with E-state index < -0.39 is 12.0 Å². The van der Waals surface area contributed by atoms with Gasteiger partial charge in [0.05, 0.1) is 23.4 Å². The quantitative estimate of drug-likeness (QED) is 0.280. The SMILES string of the molecule is CC(=O)N1CCC2C(CSc3nc(-c4cccnc4)cs3)=C(C(=O)[O-])N3C(=O)[C@@H]1[C@@H]23.[Na+]. The Hall–Kier alpha value is -1.72. The average molecular weight is 465 g/mol. The van der Waals surface area contributed by atoms with Gasteiger partial charge in [-0.1, -0.05) is 11.8 Å². The molecular formula is C20H17N4NaO4S2. The second kappa shape index (κ2) is 8.67. The number of thioether (sulfide) groups is 1. The van der Waals surface area contributed by atoms with Gasteiger partial charge in [-0.3, -0.25) is 14.6 Å². The molecule has 2 fully saturated rings. The molecule has 0 bridgehead atoms. The van der Waals surface area contributed by atoms with E-state index in [0.29, 0.717) is 24.3 Å². The Labute approximate surface area is 209 Å². The van der Waals surface area contributed by atoms with Crippen LogP contribution in [-0.4, -0.2) is 61.9 Å². The van der Waals surface area contributed by atoms with Crippen molar-refractivity contribution in [3.8, 4) is 11.3 Å². The van der Waals surface area contributed by atoms with Crippen LogP contribution < -0.4 is 34.7 Å². The molecule has 2 amide bonds. The van der Waals surface area contributed by atoms with Crippen LogP contribution in [0.25, 0.3) is 11.3 Å². The Morgan fingerprint density at radius 2 is 2.19 bits per heavy atom. The molecule has 2 saturated heterocycles. The minimum absolute atomic E-state index is 0. The number of carboxylic acids is 1. The van der Waals surface area contributed by atoms with Crippen LogP contribution in [0.2, 0.25) is 0 Å². The van der Waals surface area contributed by atoms with E-state index in [9.17, 15) is 19.5 Å². The smallest absolute Gasteiger partial charge is 0.543 e. The predicted molar refractivity (Wildman–Crippen MR) is 108 cm³/mol. The summed E-state index contributed by atoms with van der Waals surface area (Å²) in [5.41, 5.74) is 2.44.